The Balaban J connectivity index is 2.64. The maximum atomic E-state index is 13.3. The number of hydrogen-bond acceptors (Lipinski definition) is 2. The summed E-state index contributed by atoms with van der Waals surface area (Å²) < 4.78 is 27.0. The minimum atomic E-state index is -0.798. The predicted octanol–water partition coefficient (Wildman–Crippen LogP) is 1.03. The van der Waals surface area contributed by atoms with Gasteiger partial charge in [0.05, 0.1) is 0 Å². The Hall–Kier alpha value is -2.11. The third kappa shape index (κ3) is 1.61. The Labute approximate surface area is 82.9 Å². The Bertz CT molecular complexity index is 559. The normalized spacial score (nSPS) is 10.5. The number of anilines is 1. The van der Waals surface area contributed by atoms with Crippen LogP contribution >= 0.6 is 0 Å². The summed E-state index contributed by atoms with van der Waals surface area (Å²) in [7, 11) is 0. The zero-order valence-corrected chi connectivity index (χ0v) is 7.50. The topological polar surface area (TPSA) is 63.8 Å². The third-order valence-corrected chi connectivity index (χ3v) is 1.91. The molecule has 4 nitrogen and oxygen atoms in total. The molecule has 0 spiro atoms. The first kappa shape index (κ1) is 9.45. The predicted molar refractivity (Wildman–Crippen MR) is 50.7 cm³/mol. The first-order valence-electron chi connectivity index (χ1n) is 4.11. The lowest BCUT2D eigenvalue weighted by Crippen LogP contribution is -2.07. The fourth-order valence-electron chi connectivity index (χ4n) is 1.27. The molecular weight excluding hydrogens is 204 g/mol. The van der Waals surface area contributed by atoms with Crippen molar-refractivity contribution in [1.29, 1.82) is 0 Å². The average Bonchev–Trinajstić information content (AvgIpc) is 2.45. The quantitative estimate of drug-likeness (QED) is 0.739. The number of rotatable bonds is 1. The number of benzene rings is 1. The van der Waals surface area contributed by atoms with Crippen LogP contribution in [0.4, 0.5) is 14.6 Å². The van der Waals surface area contributed by atoms with E-state index in [4.69, 9.17) is 5.73 Å². The van der Waals surface area contributed by atoms with Crippen molar-refractivity contribution < 1.29 is 8.78 Å². The molecule has 78 valence electrons. The number of aromatic nitrogens is 2. The number of nitrogens with zero attached hydrogens (tertiary/aromatic N) is 1. The van der Waals surface area contributed by atoms with Crippen LogP contribution in [0.15, 0.2) is 29.1 Å². The molecule has 0 atom stereocenters. The molecule has 2 aromatic rings. The maximum Gasteiger partial charge on any atom is 0.266 e. The molecular formula is C9H7F2N3O. The standard InChI is InChI=1S/C9H7F2N3O/c10-5-1-2-7(6(11)3-5)14-8(12)4-9(15)13-14/h1-4H,12H2,(H,13,15). The fourth-order valence-corrected chi connectivity index (χ4v) is 1.27. The molecule has 0 fully saturated rings. The van der Waals surface area contributed by atoms with Crippen LogP contribution in [-0.2, 0) is 0 Å². The fraction of sp³-hybridized carbons (Fsp3) is 0. The van der Waals surface area contributed by atoms with Crippen LogP contribution in [0.25, 0.3) is 5.69 Å². The molecule has 0 unspecified atom stereocenters. The Morgan fingerprint density at radius 2 is 2.00 bits per heavy atom. The highest BCUT2D eigenvalue weighted by Gasteiger charge is 2.09. The van der Waals surface area contributed by atoms with Gasteiger partial charge in [0.1, 0.15) is 17.3 Å². The molecule has 1 aromatic carbocycles. The van der Waals surface area contributed by atoms with Crippen molar-refractivity contribution >= 4 is 5.82 Å². The van der Waals surface area contributed by atoms with E-state index in [9.17, 15) is 13.6 Å². The summed E-state index contributed by atoms with van der Waals surface area (Å²) >= 11 is 0. The average molecular weight is 211 g/mol. The van der Waals surface area contributed by atoms with Gasteiger partial charge in [-0.05, 0) is 12.1 Å². The summed E-state index contributed by atoms with van der Waals surface area (Å²) in [5, 5.41) is 2.29. The van der Waals surface area contributed by atoms with Crippen molar-refractivity contribution in [3.8, 4) is 5.69 Å². The highest BCUT2D eigenvalue weighted by molar-refractivity contribution is 5.41. The van der Waals surface area contributed by atoms with E-state index in [0.29, 0.717) is 6.07 Å². The van der Waals surface area contributed by atoms with Gasteiger partial charge in [0.15, 0.2) is 5.82 Å². The number of nitrogens with one attached hydrogen (secondary N) is 1. The highest BCUT2D eigenvalue weighted by atomic mass is 19.1. The van der Waals surface area contributed by atoms with E-state index in [1.807, 2.05) is 0 Å². The molecule has 1 aromatic heterocycles. The number of halogens is 2. The van der Waals surface area contributed by atoms with Crippen LogP contribution < -0.4 is 11.3 Å². The van der Waals surface area contributed by atoms with Gasteiger partial charge in [-0.2, -0.15) is 0 Å². The molecule has 0 saturated heterocycles. The second-order valence-electron chi connectivity index (χ2n) is 2.98. The van der Waals surface area contributed by atoms with Crippen LogP contribution in [0.3, 0.4) is 0 Å². The van der Waals surface area contributed by atoms with E-state index >= 15 is 0 Å². The van der Waals surface area contributed by atoms with Gasteiger partial charge >= 0.3 is 0 Å². The number of H-pyrrole nitrogens is 1. The van der Waals surface area contributed by atoms with Gasteiger partial charge in [-0.1, -0.05) is 0 Å². The lowest BCUT2D eigenvalue weighted by atomic mass is 10.3. The van der Waals surface area contributed by atoms with Gasteiger partial charge < -0.3 is 5.73 Å². The van der Waals surface area contributed by atoms with Crippen LogP contribution in [-0.4, -0.2) is 9.78 Å². The molecule has 3 N–H and O–H groups in total. The minimum absolute atomic E-state index is 0.00370. The maximum absolute atomic E-state index is 13.3. The van der Waals surface area contributed by atoms with Crippen molar-refractivity contribution in [2.45, 2.75) is 0 Å². The van der Waals surface area contributed by atoms with Crippen molar-refractivity contribution in [1.82, 2.24) is 9.78 Å². The van der Waals surface area contributed by atoms with E-state index < -0.39 is 17.2 Å². The van der Waals surface area contributed by atoms with Gasteiger partial charge in [0.25, 0.3) is 5.56 Å². The van der Waals surface area contributed by atoms with Crippen LogP contribution in [0, 0.1) is 11.6 Å². The molecule has 0 amide bonds. The largest absolute Gasteiger partial charge is 0.384 e. The van der Waals surface area contributed by atoms with Crippen molar-refractivity contribution in [3.63, 3.8) is 0 Å². The molecule has 0 aliphatic carbocycles. The SMILES string of the molecule is Nc1cc(=O)[nH]n1-c1ccc(F)cc1F. The lowest BCUT2D eigenvalue weighted by molar-refractivity contribution is 0.574. The smallest absolute Gasteiger partial charge is 0.266 e. The summed E-state index contributed by atoms with van der Waals surface area (Å²) in [5.41, 5.74) is 5.00. The molecule has 0 aliphatic rings. The molecule has 0 aliphatic heterocycles. The first-order valence-corrected chi connectivity index (χ1v) is 4.11. The minimum Gasteiger partial charge on any atom is -0.384 e. The molecule has 0 saturated carbocycles. The van der Waals surface area contributed by atoms with Crippen LogP contribution in [0.1, 0.15) is 0 Å². The van der Waals surface area contributed by atoms with Crippen molar-refractivity contribution in [2.75, 3.05) is 5.73 Å². The Morgan fingerprint density at radius 1 is 1.27 bits per heavy atom. The highest BCUT2D eigenvalue weighted by Crippen LogP contribution is 2.15. The summed E-state index contributed by atoms with van der Waals surface area (Å²) in [4.78, 5) is 10.9. The van der Waals surface area contributed by atoms with Gasteiger partial charge in [-0.15, -0.1) is 0 Å². The second-order valence-corrected chi connectivity index (χ2v) is 2.98. The van der Waals surface area contributed by atoms with Gasteiger partial charge in [0, 0.05) is 12.1 Å². The Kier molecular flexibility index (Phi) is 2.03. The molecule has 2 rings (SSSR count). The van der Waals surface area contributed by atoms with Crippen molar-refractivity contribution in [2.24, 2.45) is 0 Å². The van der Waals surface area contributed by atoms with Gasteiger partial charge in [-0.25, -0.2) is 13.5 Å². The van der Waals surface area contributed by atoms with E-state index in [1.165, 1.54) is 6.07 Å². The van der Waals surface area contributed by atoms with E-state index in [0.717, 1.165) is 16.8 Å². The van der Waals surface area contributed by atoms with Crippen LogP contribution in [0.5, 0.6) is 0 Å². The lowest BCUT2D eigenvalue weighted by Gasteiger charge is -2.05. The third-order valence-electron chi connectivity index (χ3n) is 1.91. The number of hydrogen-bond donors (Lipinski definition) is 2. The monoisotopic (exact) mass is 211 g/mol. The zero-order chi connectivity index (χ0) is 11.0. The van der Waals surface area contributed by atoms with E-state index in [1.54, 1.807) is 0 Å². The zero-order valence-electron chi connectivity index (χ0n) is 7.50. The van der Waals surface area contributed by atoms with Crippen molar-refractivity contribution in [3.05, 3.63) is 46.3 Å². The summed E-state index contributed by atoms with van der Waals surface area (Å²) in [6, 6.07) is 4.10. The molecule has 15 heavy (non-hydrogen) atoms. The number of nitrogens with two attached hydrogens (primary N) is 1. The molecule has 1 heterocycles. The summed E-state index contributed by atoms with van der Waals surface area (Å²) in [6.07, 6.45) is 0. The second kappa shape index (κ2) is 3.23. The summed E-state index contributed by atoms with van der Waals surface area (Å²) in [5.74, 6) is -1.43. The summed E-state index contributed by atoms with van der Waals surface area (Å²) in [6.45, 7) is 0. The number of nitrogen functional groups attached to an aromatic ring is 1. The molecule has 0 radical (unpaired) electrons. The molecule has 6 heteroatoms. The van der Waals surface area contributed by atoms with Gasteiger partial charge in [-0.3, -0.25) is 9.89 Å². The molecule has 0 bridgehead atoms. The Morgan fingerprint density at radius 3 is 2.53 bits per heavy atom. The van der Waals surface area contributed by atoms with E-state index in [-0.39, 0.29) is 11.5 Å². The number of aromatic amines is 1. The first-order chi connectivity index (χ1) is 7.08. The van der Waals surface area contributed by atoms with E-state index in [2.05, 4.69) is 5.10 Å². The van der Waals surface area contributed by atoms with Crippen LogP contribution in [0.2, 0.25) is 0 Å². The van der Waals surface area contributed by atoms with Gasteiger partial charge in [0.2, 0.25) is 0 Å².